The van der Waals surface area contributed by atoms with Gasteiger partial charge in [0, 0.05) is 36.6 Å². The Bertz CT molecular complexity index is 900. The van der Waals surface area contributed by atoms with E-state index in [0.29, 0.717) is 12.2 Å². The van der Waals surface area contributed by atoms with Crippen LogP contribution in [0.5, 0.6) is 5.75 Å². The second kappa shape index (κ2) is 11.0. The number of benzene rings is 1. The molecule has 0 N–H and O–H groups in total. The molecular weight excluding hydrogens is 444 g/mol. The first-order valence-corrected chi connectivity index (χ1v) is 11.0. The first-order valence-electron chi connectivity index (χ1n) is 10.1. The number of carbonyl (C=O) groups excluding carboxylic acids is 1. The molecule has 0 spiro atoms. The number of piperidine rings is 1. The van der Waals surface area contributed by atoms with Gasteiger partial charge in [-0.25, -0.2) is 0 Å². The van der Waals surface area contributed by atoms with Crippen LogP contribution in [0.4, 0.5) is 0 Å². The molecule has 1 saturated heterocycles. The molecule has 2 heterocycles. The first-order chi connectivity index (χ1) is 14.6. The minimum absolute atomic E-state index is 0.0651. The molecule has 1 aromatic carbocycles. The van der Waals surface area contributed by atoms with Crippen molar-refractivity contribution in [3.8, 4) is 5.75 Å². The smallest absolute Gasteiger partial charge is 0.253 e. The Kier molecular flexibility index (Phi) is 8.08. The highest BCUT2D eigenvalue weighted by atomic mass is 79.9. The van der Waals surface area contributed by atoms with E-state index in [4.69, 9.17) is 9.47 Å². The molecule has 1 aliphatic heterocycles. The molecule has 3 rings (SSSR count). The summed E-state index contributed by atoms with van der Waals surface area (Å²) >= 11 is 3.39. The third-order valence-corrected chi connectivity index (χ3v) is 5.09. The van der Waals surface area contributed by atoms with Crippen molar-refractivity contribution >= 4 is 27.9 Å². The number of carbonyl (C=O) groups is 1. The first kappa shape index (κ1) is 22.1. The average molecular weight is 471 g/mol. The summed E-state index contributed by atoms with van der Waals surface area (Å²) in [5, 5.41) is -0.0651. The number of pyridine rings is 1. The molecule has 0 radical (unpaired) electrons. The number of amides is 1. The van der Waals surface area contributed by atoms with Gasteiger partial charge in [-0.15, -0.1) is 0 Å². The second-order valence-corrected chi connectivity index (χ2v) is 8.36. The zero-order valence-corrected chi connectivity index (χ0v) is 19.0. The summed E-state index contributed by atoms with van der Waals surface area (Å²) in [6, 6.07) is 11.5. The van der Waals surface area contributed by atoms with Crippen LogP contribution in [0, 0.1) is 0 Å². The fourth-order valence-electron chi connectivity index (χ4n) is 3.31. The largest absolute Gasteiger partial charge is 0.485 e. The van der Waals surface area contributed by atoms with Crippen molar-refractivity contribution in [2.24, 2.45) is 0 Å². The third-order valence-electron chi connectivity index (χ3n) is 4.90. The van der Waals surface area contributed by atoms with E-state index in [1.807, 2.05) is 43.0 Å². The molecule has 0 saturated carbocycles. The van der Waals surface area contributed by atoms with Crippen LogP contribution in [-0.2, 0) is 4.74 Å². The van der Waals surface area contributed by atoms with Crippen LogP contribution in [0.2, 0.25) is 0 Å². The lowest BCUT2D eigenvalue weighted by Crippen LogP contribution is -2.36. The van der Waals surface area contributed by atoms with Crippen molar-refractivity contribution in [3.63, 3.8) is 0 Å². The molecule has 1 amide bonds. The maximum absolute atomic E-state index is 12.6. The lowest BCUT2D eigenvalue weighted by molar-refractivity contribution is 0.0744. The zero-order valence-electron chi connectivity index (χ0n) is 17.4. The summed E-state index contributed by atoms with van der Waals surface area (Å²) in [5.41, 5.74) is 3.06. The van der Waals surface area contributed by atoms with Crippen LogP contribution < -0.4 is 4.74 Å². The minimum Gasteiger partial charge on any atom is -0.485 e. The van der Waals surface area contributed by atoms with Crippen molar-refractivity contribution < 1.29 is 14.3 Å². The summed E-state index contributed by atoms with van der Waals surface area (Å²) in [7, 11) is 0. The van der Waals surface area contributed by atoms with Crippen LogP contribution >= 0.6 is 15.9 Å². The number of likely N-dealkylation sites (tertiary alicyclic amines) is 1. The number of rotatable bonds is 7. The van der Waals surface area contributed by atoms with Crippen LogP contribution in [0.3, 0.4) is 0 Å². The highest BCUT2D eigenvalue weighted by Crippen LogP contribution is 2.26. The van der Waals surface area contributed by atoms with E-state index in [2.05, 4.69) is 33.1 Å². The van der Waals surface area contributed by atoms with Crippen molar-refractivity contribution in [3.05, 3.63) is 77.3 Å². The number of hydrogen-bond acceptors (Lipinski definition) is 4. The van der Waals surface area contributed by atoms with E-state index >= 15 is 0 Å². The molecule has 2 aromatic rings. The Labute approximate surface area is 186 Å². The lowest BCUT2D eigenvalue weighted by Gasteiger charge is -2.28. The van der Waals surface area contributed by atoms with Gasteiger partial charge in [-0.3, -0.25) is 9.78 Å². The number of hydrogen-bond donors (Lipinski definition) is 0. The molecule has 6 heteroatoms. The van der Waals surface area contributed by atoms with Gasteiger partial charge >= 0.3 is 0 Å². The highest BCUT2D eigenvalue weighted by Gasteiger charge is 2.20. The predicted molar refractivity (Wildman–Crippen MR) is 123 cm³/mol. The van der Waals surface area contributed by atoms with E-state index < -0.39 is 0 Å². The Morgan fingerprint density at radius 3 is 2.57 bits per heavy atom. The van der Waals surface area contributed by atoms with Gasteiger partial charge in [-0.05, 0) is 66.9 Å². The summed E-state index contributed by atoms with van der Waals surface area (Å²) in [6.07, 6.45) is 9.12. The van der Waals surface area contributed by atoms with Gasteiger partial charge in [-0.1, -0.05) is 29.8 Å². The van der Waals surface area contributed by atoms with Crippen molar-refractivity contribution in [2.45, 2.75) is 31.7 Å². The molecule has 30 heavy (non-hydrogen) atoms. The molecule has 0 aliphatic carbocycles. The van der Waals surface area contributed by atoms with Gasteiger partial charge < -0.3 is 14.4 Å². The summed E-state index contributed by atoms with van der Waals surface area (Å²) in [4.78, 5) is 18.5. The van der Waals surface area contributed by atoms with Crippen molar-refractivity contribution in [1.29, 1.82) is 0 Å². The van der Waals surface area contributed by atoms with E-state index in [1.165, 1.54) is 5.57 Å². The summed E-state index contributed by atoms with van der Waals surface area (Å²) in [6.45, 7) is 5.67. The van der Waals surface area contributed by atoms with Gasteiger partial charge in [0.25, 0.3) is 5.91 Å². The number of aromatic nitrogens is 1. The SMILES string of the molecule is C/C=C(/COc1ccccc1C=C1CCN(C(=O)c2ccncc2)CC1)OC(C)Br. The number of ether oxygens (including phenoxy) is 2. The third kappa shape index (κ3) is 6.20. The molecule has 158 valence electrons. The highest BCUT2D eigenvalue weighted by molar-refractivity contribution is 9.09. The Balaban J connectivity index is 1.62. The molecule has 1 aliphatic rings. The number of alkyl halides is 1. The second-order valence-electron chi connectivity index (χ2n) is 7.07. The molecule has 5 nitrogen and oxygen atoms in total. The maximum Gasteiger partial charge on any atom is 0.253 e. The van der Waals surface area contributed by atoms with Gasteiger partial charge in [0.2, 0.25) is 0 Å². The normalized spacial score (nSPS) is 15.5. The standard InChI is InChI=1S/C24H27BrN2O3/c1-3-22(30-18(2)25)17-29-23-7-5-4-6-21(23)16-19-10-14-27(15-11-19)24(28)20-8-12-26-13-9-20/h3-9,12-13,16,18H,10-11,14-15,17H2,1-2H3/b22-3-. The van der Waals surface area contributed by atoms with Gasteiger partial charge in [0.1, 0.15) is 23.1 Å². The summed E-state index contributed by atoms with van der Waals surface area (Å²) in [5.74, 6) is 1.68. The topological polar surface area (TPSA) is 51.7 Å². The van der Waals surface area contributed by atoms with E-state index in [9.17, 15) is 4.79 Å². The molecule has 0 bridgehead atoms. The maximum atomic E-state index is 12.6. The Hall–Kier alpha value is -2.60. The molecule has 1 unspecified atom stereocenters. The Morgan fingerprint density at radius 1 is 1.20 bits per heavy atom. The number of nitrogens with zero attached hydrogens (tertiary/aromatic N) is 2. The number of para-hydroxylation sites is 1. The number of allylic oxidation sites excluding steroid dienone is 1. The fraction of sp³-hybridized carbons (Fsp3) is 0.333. The van der Waals surface area contributed by atoms with E-state index in [-0.39, 0.29) is 10.9 Å². The monoisotopic (exact) mass is 470 g/mol. The number of halogens is 1. The summed E-state index contributed by atoms with van der Waals surface area (Å²) < 4.78 is 11.7. The Morgan fingerprint density at radius 2 is 1.90 bits per heavy atom. The van der Waals surface area contributed by atoms with E-state index in [0.717, 1.165) is 43.0 Å². The zero-order chi connectivity index (χ0) is 21.3. The molecular formula is C24H27BrN2O3. The minimum atomic E-state index is -0.0651. The van der Waals surface area contributed by atoms with Crippen LogP contribution in [-0.4, -0.2) is 40.5 Å². The molecule has 1 atom stereocenters. The molecule has 1 fully saturated rings. The quantitative estimate of drug-likeness (QED) is 0.399. The average Bonchev–Trinajstić information content (AvgIpc) is 2.78. The molecule has 1 aromatic heterocycles. The predicted octanol–water partition coefficient (Wildman–Crippen LogP) is 5.44. The lowest BCUT2D eigenvalue weighted by atomic mass is 10.00. The van der Waals surface area contributed by atoms with Gasteiger partial charge in [0.05, 0.1) is 0 Å². The van der Waals surface area contributed by atoms with Crippen LogP contribution in [0.1, 0.15) is 42.6 Å². The van der Waals surface area contributed by atoms with Crippen molar-refractivity contribution in [1.82, 2.24) is 9.88 Å². The van der Waals surface area contributed by atoms with Crippen LogP contribution in [0.25, 0.3) is 6.08 Å². The van der Waals surface area contributed by atoms with Gasteiger partial charge in [-0.2, -0.15) is 0 Å². The van der Waals surface area contributed by atoms with Crippen LogP contribution in [0.15, 0.2) is 66.2 Å². The van der Waals surface area contributed by atoms with Crippen molar-refractivity contribution in [2.75, 3.05) is 19.7 Å². The van der Waals surface area contributed by atoms with Gasteiger partial charge in [0.15, 0.2) is 0 Å². The van der Waals surface area contributed by atoms with E-state index in [1.54, 1.807) is 24.5 Å². The fourth-order valence-corrected chi connectivity index (χ4v) is 3.55.